The van der Waals surface area contributed by atoms with Crippen molar-refractivity contribution in [2.45, 2.75) is 64.3 Å². The molecule has 0 aromatic heterocycles. The van der Waals surface area contributed by atoms with E-state index in [1.54, 1.807) is 0 Å². The number of β-amino-alcohol motifs (C(OH)–C–C–N with tert-alkyl or cyclic N) is 1. The third-order valence-corrected chi connectivity index (χ3v) is 3.99. The molecule has 0 radical (unpaired) electrons. The van der Waals surface area contributed by atoms with Crippen LogP contribution in [0.15, 0.2) is 0 Å². The Balaban J connectivity index is 2.07. The minimum atomic E-state index is -0.677. The lowest BCUT2D eigenvalue weighted by molar-refractivity contribution is -0.141. The number of nitrogens with zero attached hydrogens (tertiary/aromatic N) is 1. The number of hydrogen-bond donors (Lipinski definition) is 3. The van der Waals surface area contributed by atoms with Crippen LogP contribution in [0.2, 0.25) is 0 Å². The zero-order valence-electron chi connectivity index (χ0n) is 12.4. The summed E-state index contributed by atoms with van der Waals surface area (Å²) in [6, 6.07) is -1.02. The average molecular weight is 283 g/mol. The van der Waals surface area contributed by atoms with Gasteiger partial charge >= 0.3 is 0 Å². The number of likely N-dealkylation sites (tertiary alicyclic amines) is 1. The number of carbonyl (C=O) groups is 2. The van der Waals surface area contributed by atoms with Crippen molar-refractivity contribution in [2.75, 3.05) is 6.54 Å². The van der Waals surface area contributed by atoms with Gasteiger partial charge < -0.3 is 21.1 Å². The molecule has 20 heavy (non-hydrogen) atoms. The van der Waals surface area contributed by atoms with Crippen LogP contribution in [0.1, 0.15) is 40.0 Å². The fourth-order valence-electron chi connectivity index (χ4n) is 2.38. The van der Waals surface area contributed by atoms with Crippen LogP contribution in [0.5, 0.6) is 0 Å². The molecule has 114 valence electrons. The first kappa shape index (κ1) is 15.3. The van der Waals surface area contributed by atoms with E-state index >= 15 is 0 Å². The summed E-state index contributed by atoms with van der Waals surface area (Å²) in [7, 11) is 0. The van der Waals surface area contributed by atoms with Crippen LogP contribution >= 0.6 is 0 Å². The summed E-state index contributed by atoms with van der Waals surface area (Å²) in [6.07, 6.45) is 1.63. The summed E-state index contributed by atoms with van der Waals surface area (Å²) in [6.45, 7) is 5.86. The molecule has 0 aromatic rings. The first-order valence-electron chi connectivity index (χ1n) is 7.24. The Morgan fingerprint density at radius 1 is 1.35 bits per heavy atom. The van der Waals surface area contributed by atoms with Crippen molar-refractivity contribution in [3.05, 3.63) is 0 Å². The van der Waals surface area contributed by atoms with Crippen molar-refractivity contribution in [1.29, 1.82) is 0 Å². The molecule has 2 rings (SSSR count). The minimum absolute atomic E-state index is 0.168. The molecule has 2 fully saturated rings. The van der Waals surface area contributed by atoms with Crippen LogP contribution in [0.4, 0.5) is 0 Å². The van der Waals surface area contributed by atoms with Crippen LogP contribution in [-0.2, 0) is 9.59 Å². The van der Waals surface area contributed by atoms with Gasteiger partial charge in [-0.2, -0.15) is 0 Å². The second kappa shape index (κ2) is 5.33. The normalized spacial score (nSPS) is 28.4. The SMILES string of the molecule is CC(C)(C)C(N)C(=O)N1C[C@H](O)C[C@H]1C(=O)NC1CC1. The molecular formula is C14H25N3O3. The monoisotopic (exact) mass is 283 g/mol. The Labute approximate surface area is 119 Å². The molecule has 1 saturated carbocycles. The third-order valence-electron chi connectivity index (χ3n) is 3.99. The van der Waals surface area contributed by atoms with E-state index < -0.39 is 18.2 Å². The van der Waals surface area contributed by atoms with Crippen molar-refractivity contribution in [3.63, 3.8) is 0 Å². The molecule has 1 aliphatic carbocycles. The molecule has 4 N–H and O–H groups in total. The van der Waals surface area contributed by atoms with Gasteiger partial charge in [0.25, 0.3) is 0 Å². The van der Waals surface area contributed by atoms with Gasteiger partial charge in [-0.05, 0) is 18.3 Å². The van der Waals surface area contributed by atoms with Gasteiger partial charge in [0.1, 0.15) is 6.04 Å². The first-order valence-corrected chi connectivity index (χ1v) is 7.24. The van der Waals surface area contributed by atoms with Gasteiger partial charge in [-0.25, -0.2) is 0 Å². The van der Waals surface area contributed by atoms with Gasteiger partial charge in [-0.3, -0.25) is 9.59 Å². The van der Waals surface area contributed by atoms with Crippen molar-refractivity contribution in [3.8, 4) is 0 Å². The molecule has 1 heterocycles. The predicted octanol–water partition coefficient (Wildman–Crippen LogP) is -0.400. The van der Waals surface area contributed by atoms with Gasteiger partial charge in [-0.15, -0.1) is 0 Å². The highest BCUT2D eigenvalue weighted by Gasteiger charge is 2.43. The van der Waals surface area contributed by atoms with E-state index in [0.29, 0.717) is 6.42 Å². The van der Waals surface area contributed by atoms with Crippen molar-refractivity contribution in [1.82, 2.24) is 10.2 Å². The second-order valence-corrected chi connectivity index (χ2v) is 7.02. The van der Waals surface area contributed by atoms with E-state index in [2.05, 4.69) is 5.32 Å². The number of amides is 2. The van der Waals surface area contributed by atoms with Gasteiger partial charge in [0.15, 0.2) is 0 Å². The van der Waals surface area contributed by atoms with Gasteiger partial charge in [-0.1, -0.05) is 20.8 Å². The Kier molecular flexibility index (Phi) is 4.07. The highest BCUT2D eigenvalue weighted by molar-refractivity contribution is 5.91. The van der Waals surface area contributed by atoms with E-state index in [0.717, 1.165) is 12.8 Å². The summed E-state index contributed by atoms with van der Waals surface area (Å²) in [4.78, 5) is 26.1. The molecule has 6 nitrogen and oxygen atoms in total. The Morgan fingerprint density at radius 3 is 2.45 bits per heavy atom. The van der Waals surface area contributed by atoms with Gasteiger partial charge in [0.05, 0.1) is 12.1 Å². The maximum atomic E-state index is 12.5. The van der Waals surface area contributed by atoms with Crippen LogP contribution in [0, 0.1) is 5.41 Å². The summed E-state index contributed by atoms with van der Waals surface area (Å²) in [5, 5.41) is 12.7. The highest BCUT2D eigenvalue weighted by Crippen LogP contribution is 2.26. The Bertz CT molecular complexity index is 401. The number of hydrogen-bond acceptors (Lipinski definition) is 4. The molecule has 1 saturated heterocycles. The number of carbonyl (C=O) groups excluding carboxylic acids is 2. The number of nitrogens with two attached hydrogens (primary N) is 1. The molecule has 0 bridgehead atoms. The first-order chi connectivity index (χ1) is 9.20. The topological polar surface area (TPSA) is 95.7 Å². The molecule has 3 atom stereocenters. The largest absolute Gasteiger partial charge is 0.391 e. The molecule has 2 aliphatic rings. The zero-order chi connectivity index (χ0) is 15.1. The van der Waals surface area contributed by atoms with Crippen LogP contribution in [0.25, 0.3) is 0 Å². The molecule has 0 spiro atoms. The molecule has 2 amide bonds. The number of rotatable bonds is 3. The fraction of sp³-hybridized carbons (Fsp3) is 0.857. The standard InChI is InChI=1S/C14H25N3O3/c1-14(2,3)11(15)13(20)17-7-9(18)6-10(17)12(19)16-8-4-5-8/h8-11,18H,4-7,15H2,1-3H3,(H,16,19)/t9-,10+,11?/m1/s1. The molecule has 0 aromatic carbocycles. The lowest BCUT2D eigenvalue weighted by atomic mass is 9.86. The van der Waals surface area contributed by atoms with E-state index in [9.17, 15) is 14.7 Å². The van der Waals surface area contributed by atoms with Gasteiger partial charge in [0, 0.05) is 19.0 Å². The van der Waals surface area contributed by atoms with Crippen molar-refractivity contribution < 1.29 is 14.7 Å². The molecule has 1 aliphatic heterocycles. The number of aliphatic hydroxyl groups excluding tert-OH is 1. The Hall–Kier alpha value is -1.14. The maximum absolute atomic E-state index is 12.5. The van der Waals surface area contributed by atoms with E-state index in [1.807, 2.05) is 20.8 Å². The van der Waals surface area contributed by atoms with E-state index in [-0.39, 0.29) is 29.8 Å². The van der Waals surface area contributed by atoms with Crippen LogP contribution < -0.4 is 11.1 Å². The lowest BCUT2D eigenvalue weighted by Gasteiger charge is -2.32. The van der Waals surface area contributed by atoms with E-state index in [1.165, 1.54) is 4.90 Å². The molecular weight excluding hydrogens is 258 g/mol. The van der Waals surface area contributed by atoms with Crippen molar-refractivity contribution in [2.24, 2.45) is 11.1 Å². The second-order valence-electron chi connectivity index (χ2n) is 7.02. The number of aliphatic hydroxyl groups is 1. The Morgan fingerprint density at radius 2 is 1.95 bits per heavy atom. The van der Waals surface area contributed by atoms with Crippen LogP contribution in [0.3, 0.4) is 0 Å². The number of nitrogens with one attached hydrogen (secondary N) is 1. The maximum Gasteiger partial charge on any atom is 0.243 e. The van der Waals surface area contributed by atoms with Gasteiger partial charge in [0.2, 0.25) is 11.8 Å². The molecule has 1 unspecified atom stereocenters. The third kappa shape index (κ3) is 3.30. The van der Waals surface area contributed by atoms with Crippen molar-refractivity contribution >= 4 is 11.8 Å². The van der Waals surface area contributed by atoms with E-state index in [4.69, 9.17) is 5.73 Å². The predicted molar refractivity (Wildman–Crippen MR) is 74.7 cm³/mol. The summed E-state index contributed by atoms with van der Waals surface area (Å²) in [5.41, 5.74) is 5.62. The smallest absolute Gasteiger partial charge is 0.243 e. The highest BCUT2D eigenvalue weighted by atomic mass is 16.3. The summed E-state index contributed by atoms with van der Waals surface area (Å²) in [5.74, 6) is -0.427. The zero-order valence-corrected chi connectivity index (χ0v) is 12.4. The minimum Gasteiger partial charge on any atom is -0.391 e. The average Bonchev–Trinajstić information content (AvgIpc) is 3.06. The summed E-state index contributed by atoms with van der Waals surface area (Å²) >= 11 is 0. The quantitative estimate of drug-likeness (QED) is 0.657. The van der Waals surface area contributed by atoms with Crippen LogP contribution in [-0.4, -0.2) is 52.6 Å². The lowest BCUT2D eigenvalue weighted by Crippen LogP contribution is -2.55. The fourth-order valence-corrected chi connectivity index (χ4v) is 2.38. The molecule has 6 heteroatoms. The summed E-state index contributed by atoms with van der Waals surface area (Å²) < 4.78 is 0.